The molecule has 0 bridgehead atoms. The Balaban J connectivity index is 1.58. The number of carbonyl (C=O) groups excluding carboxylic acids is 1. The van der Waals surface area contributed by atoms with Gasteiger partial charge in [0.1, 0.15) is 0 Å². The molecule has 0 unspecified atom stereocenters. The van der Waals surface area contributed by atoms with Gasteiger partial charge >= 0.3 is 0 Å². The van der Waals surface area contributed by atoms with Crippen molar-refractivity contribution in [2.45, 2.75) is 45.2 Å². The Morgan fingerprint density at radius 3 is 2.92 bits per heavy atom. The number of pyridine rings is 1. The first-order valence-electron chi connectivity index (χ1n) is 8.71. The van der Waals surface area contributed by atoms with E-state index in [-0.39, 0.29) is 0 Å². The van der Waals surface area contributed by atoms with Crippen LogP contribution in [0.3, 0.4) is 0 Å². The third kappa shape index (κ3) is 3.61. The van der Waals surface area contributed by atoms with Gasteiger partial charge < -0.3 is 4.90 Å². The molecule has 0 spiro atoms. The standard InChI is InChI=1S/C18H28N4O2/c1-18(5-7-21(2)3)9-15(10-18)22-6-4-13-8-14(17(23)20-24)11-19-16(13)12-22/h8,11,15,24H,4-7,9-10,12H2,1-3H3,(H,20,23). The summed E-state index contributed by atoms with van der Waals surface area (Å²) in [5, 5.41) is 8.74. The number of carbonyl (C=O) groups is 1. The van der Waals surface area contributed by atoms with E-state index < -0.39 is 5.91 Å². The zero-order valence-corrected chi connectivity index (χ0v) is 14.9. The molecule has 0 aromatic carbocycles. The lowest BCUT2D eigenvalue weighted by Crippen LogP contribution is -2.51. The summed E-state index contributed by atoms with van der Waals surface area (Å²) in [6.45, 7) is 5.45. The van der Waals surface area contributed by atoms with Crippen molar-refractivity contribution in [1.82, 2.24) is 20.3 Å². The molecular formula is C18H28N4O2. The lowest BCUT2D eigenvalue weighted by atomic mass is 9.64. The van der Waals surface area contributed by atoms with Crippen molar-refractivity contribution in [3.05, 3.63) is 29.1 Å². The smallest absolute Gasteiger partial charge is 0.276 e. The molecule has 1 amide bonds. The van der Waals surface area contributed by atoms with E-state index in [4.69, 9.17) is 5.21 Å². The number of amides is 1. The summed E-state index contributed by atoms with van der Waals surface area (Å²) >= 11 is 0. The Morgan fingerprint density at radius 1 is 1.50 bits per heavy atom. The second-order valence-electron chi connectivity index (χ2n) is 7.92. The van der Waals surface area contributed by atoms with Crippen molar-refractivity contribution in [1.29, 1.82) is 0 Å². The second-order valence-corrected chi connectivity index (χ2v) is 7.92. The quantitative estimate of drug-likeness (QED) is 0.634. The van der Waals surface area contributed by atoms with Crippen molar-refractivity contribution in [2.24, 2.45) is 5.41 Å². The van der Waals surface area contributed by atoms with Gasteiger partial charge in [-0.15, -0.1) is 0 Å². The molecule has 0 atom stereocenters. The number of rotatable bonds is 5. The largest absolute Gasteiger partial charge is 0.309 e. The van der Waals surface area contributed by atoms with E-state index in [0.29, 0.717) is 17.0 Å². The van der Waals surface area contributed by atoms with Crippen LogP contribution in [0.4, 0.5) is 0 Å². The highest BCUT2D eigenvalue weighted by Crippen LogP contribution is 2.46. The van der Waals surface area contributed by atoms with E-state index in [9.17, 15) is 4.79 Å². The van der Waals surface area contributed by atoms with Crippen LogP contribution in [0.5, 0.6) is 0 Å². The Bertz CT molecular complexity index is 611. The highest BCUT2D eigenvalue weighted by molar-refractivity contribution is 5.93. The maximum atomic E-state index is 11.5. The van der Waals surface area contributed by atoms with E-state index in [1.54, 1.807) is 11.7 Å². The predicted octanol–water partition coefficient (Wildman–Crippen LogP) is 1.68. The molecule has 1 aromatic rings. The first-order chi connectivity index (χ1) is 11.4. The van der Waals surface area contributed by atoms with Gasteiger partial charge in [-0.1, -0.05) is 6.92 Å². The summed E-state index contributed by atoms with van der Waals surface area (Å²) in [4.78, 5) is 20.8. The topological polar surface area (TPSA) is 68.7 Å². The lowest BCUT2D eigenvalue weighted by Gasteiger charge is -2.51. The van der Waals surface area contributed by atoms with Crippen molar-refractivity contribution in [3.8, 4) is 0 Å². The number of nitrogens with one attached hydrogen (secondary N) is 1. The average molecular weight is 332 g/mol. The van der Waals surface area contributed by atoms with Crippen LogP contribution in [-0.2, 0) is 13.0 Å². The molecule has 1 saturated carbocycles. The molecule has 0 saturated heterocycles. The minimum Gasteiger partial charge on any atom is -0.309 e. The van der Waals surface area contributed by atoms with Gasteiger partial charge in [0.15, 0.2) is 0 Å². The number of hydroxylamine groups is 1. The highest BCUT2D eigenvalue weighted by atomic mass is 16.5. The number of nitrogens with zero attached hydrogens (tertiary/aromatic N) is 3. The van der Waals surface area contributed by atoms with Gasteiger partial charge in [-0.05, 0) is 63.4 Å². The molecule has 1 aliphatic carbocycles. The van der Waals surface area contributed by atoms with Gasteiger partial charge in [0, 0.05) is 25.3 Å². The molecule has 2 N–H and O–H groups in total. The molecule has 0 radical (unpaired) electrons. The van der Waals surface area contributed by atoms with Crippen molar-refractivity contribution < 1.29 is 10.0 Å². The molecule has 1 fully saturated rings. The van der Waals surface area contributed by atoms with Crippen LogP contribution in [0.15, 0.2) is 12.3 Å². The van der Waals surface area contributed by atoms with Crippen LogP contribution in [0.1, 0.15) is 47.8 Å². The molecule has 6 nitrogen and oxygen atoms in total. The lowest BCUT2D eigenvalue weighted by molar-refractivity contribution is -0.00421. The van der Waals surface area contributed by atoms with E-state index in [1.165, 1.54) is 19.3 Å². The number of hydrogen-bond acceptors (Lipinski definition) is 5. The normalized spacial score (nSPS) is 26.8. The molecule has 6 heteroatoms. The van der Waals surface area contributed by atoms with Gasteiger partial charge in [-0.2, -0.15) is 0 Å². The molecule has 2 heterocycles. The Morgan fingerprint density at radius 2 is 2.25 bits per heavy atom. The molecule has 24 heavy (non-hydrogen) atoms. The molecule has 2 aliphatic rings. The van der Waals surface area contributed by atoms with E-state index in [2.05, 4.69) is 35.8 Å². The van der Waals surface area contributed by atoms with Crippen LogP contribution in [-0.4, -0.2) is 59.1 Å². The van der Waals surface area contributed by atoms with Crippen LogP contribution in [0.2, 0.25) is 0 Å². The first-order valence-corrected chi connectivity index (χ1v) is 8.71. The maximum Gasteiger partial charge on any atom is 0.276 e. The molecular weight excluding hydrogens is 304 g/mol. The molecule has 3 rings (SSSR count). The summed E-state index contributed by atoms with van der Waals surface area (Å²) in [6, 6.07) is 2.51. The summed E-state index contributed by atoms with van der Waals surface area (Å²) < 4.78 is 0. The molecule has 132 valence electrons. The number of aromatic nitrogens is 1. The van der Waals surface area contributed by atoms with Gasteiger partial charge in [0.2, 0.25) is 0 Å². The van der Waals surface area contributed by atoms with Crippen molar-refractivity contribution in [2.75, 3.05) is 27.2 Å². The van der Waals surface area contributed by atoms with E-state index in [1.807, 2.05) is 6.07 Å². The van der Waals surface area contributed by atoms with E-state index in [0.717, 1.165) is 37.3 Å². The fraction of sp³-hybridized carbons (Fsp3) is 0.667. The van der Waals surface area contributed by atoms with Crippen molar-refractivity contribution in [3.63, 3.8) is 0 Å². The van der Waals surface area contributed by atoms with E-state index >= 15 is 0 Å². The first kappa shape index (κ1) is 17.3. The highest BCUT2D eigenvalue weighted by Gasteiger charge is 2.43. The summed E-state index contributed by atoms with van der Waals surface area (Å²) in [6.07, 6.45) is 6.26. The predicted molar refractivity (Wildman–Crippen MR) is 91.9 cm³/mol. The van der Waals surface area contributed by atoms with Crippen LogP contribution in [0.25, 0.3) is 0 Å². The Hall–Kier alpha value is -1.50. The zero-order chi connectivity index (χ0) is 17.3. The monoisotopic (exact) mass is 332 g/mol. The Kier molecular flexibility index (Phi) is 4.90. The average Bonchev–Trinajstić information content (AvgIpc) is 2.55. The molecule has 1 aromatic heterocycles. The van der Waals surface area contributed by atoms with Gasteiger partial charge in [-0.25, -0.2) is 5.48 Å². The van der Waals surface area contributed by atoms with Gasteiger partial charge in [0.25, 0.3) is 5.91 Å². The van der Waals surface area contributed by atoms with Gasteiger partial charge in [-0.3, -0.25) is 19.9 Å². The van der Waals surface area contributed by atoms with Crippen LogP contribution < -0.4 is 5.48 Å². The van der Waals surface area contributed by atoms with Crippen LogP contribution >= 0.6 is 0 Å². The minimum absolute atomic E-state index is 0.421. The fourth-order valence-electron chi connectivity index (χ4n) is 3.97. The molecule has 1 aliphatic heterocycles. The van der Waals surface area contributed by atoms with Crippen molar-refractivity contribution >= 4 is 5.91 Å². The zero-order valence-electron chi connectivity index (χ0n) is 14.9. The van der Waals surface area contributed by atoms with Crippen LogP contribution in [0, 0.1) is 5.41 Å². The summed E-state index contributed by atoms with van der Waals surface area (Å²) in [5.41, 5.74) is 4.76. The fourth-order valence-corrected chi connectivity index (χ4v) is 3.97. The SMILES string of the molecule is CN(C)CCC1(C)CC(N2CCc3cc(C(=O)NO)cnc3C2)C1. The third-order valence-corrected chi connectivity index (χ3v) is 5.58. The maximum absolute atomic E-state index is 11.5. The number of fused-ring (bicyclic) bond motifs is 1. The second kappa shape index (κ2) is 6.78. The van der Waals surface area contributed by atoms with Gasteiger partial charge in [0.05, 0.1) is 11.3 Å². The summed E-state index contributed by atoms with van der Waals surface area (Å²) in [7, 11) is 4.27. The minimum atomic E-state index is -0.497. The third-order valence-electron chi connectivity index (χ3n) is 5.58. The summed E-state index contributed by atoms with van der Waals surface area (Å²) in [5.74, 6) is -0.497. The number of hydrogen-bond donors (Lipinski definition) is 2. The Labute approximate surface area is 143 Å².